The molecule has 0 bridgehead atoms. The predicted octanol–water partition coefficient (Wildman–Crippen LogP) is 1.48. The number of hydrogen-bond donors (Lipinski definition) is 2. The van der Waals surface area contributed by atoms with Gasteiger partial charge in [-0.1, -0.05) is 11.6 Å². The first-order chi connectivity index (χ1) is 7.52. The predicted molar refractivity (Wildman–Crippen MR) is 57.2 cm³/mol. The largest absolute Gasteiger partial charge is 0.493 e. The average Bonchev–Trinajstić information content (AvgIpc) is 2.27. The zero-order chi connectivity index (χ0) is 12.3. The van der Waals surface area contributed by atoms with Crippen molar-refractivity contribution in [2.75, 3.05) is 14.2 Å². The van der Waals surface area contributed by atoms with E-state index in [-0.39, 0.29) is 16.3 Å². The number of halogens is 1. The molecule has 1 rings (SSSR count). The van der Waals surface area contributed by atoms with E-state index < -0.39 is 12.1 Å². The standard InChI is InChI=1S/C10H11ClO5/c1-15-6-4-3-5(11)7(9(6)16-2)8(12)10(13)14/h3-4,8,12H,1-2H3,(H,13,14). The van der Waals surface area contributed by atoms with Gasteiger partial charge in [0.15, 0.2) is 17.6 Å². The molecule has 0 aromatic heterocycles. The maximum Gasteiger partial charge on any atom is 0.337 e. The number of aliphatic hydroxyl groups is 1. The van der Waals surface area contributed by atoms with Gasteiger partial charge in [-0.05, 0) is 12.1 Å². The van der Waals surface area contributed by atoms with Gasteiger partial charge in [0.25, 0.3) is 0 Å². The quantitative estimate of drug-likeness (QED) is 0.842. The number of benzene rings is 1. The second kappa shape index (κ2) is 5.05. The first-order valence-corrected chi connectivity index (χ1v) is 4.72. The molecule has 6 heteroatoms. The molecular formula is C10H11ClO5. The summed E-state index contributed by atoms with van der Waals surface area (Å²) >= 11 is 5.82. The highest BCUT2D eigenvalue weighted by Gasteiger charge is 2.25. The second-order valence-electron chi connectivity index (χ2n) is 2.94. The van der Waals surface area contributed by atoms with E-state index in [1.165, 1.54) is 26.4 Å². The fourth-order valence-corrected chi connectivity index (χ4v) is 1.56. The van der Waals surface area contributed by atoms with Crippen molar-refractivity contribution in [3.8, 4) is 11.5 Å². The average molecular weight is 247 g/mol. The maximum absolute atomic E-state index is 10.7. The molecule has 0 radical (unpaired) electrons. The van der Waals surface area contributed by atoms with E-state index in [4.69, 9.17) is 26.2 Å². The van der Waals surface area contributed by atoms with Gasteiger partial charge in [-0.2, -0.15) is 0 Å². The van der Waals surface area contributed by atoms with Crippen LogP contribution in [-0.2, 0) is 4.79 Å². The number of aliphatic hydroxyl groups excluding tert-OH is 1. The van der Waals surface area contributed by atoms with Crippen LogP contribution in [0.2, 0.25) is 5.02 Å². The lowest BCUT2D eigenvalue weighted by molar-refractivity contribution is -0.147. The summed E-state index contributed by atoms with van der Waals surface area (Å²) in [7, 11) is 2.74. The molecule has 5 nitrogen and oxygen atoms in total. The minimum atomic E-state index is -1.75. The topological polar surface area (TPSA) is 76.0 Å². The highest BCUT2D eigenvalue weighted by atomic mass is 35.5. The number of carboxylic acid groups (broad SMARTS) is 1. The van der Waals surface area contributed by atoms with Crippen LogP contribution in [0.5, 0.6) is 11.5 Å². The van der Waals surface area contributed by atoms with Crippen LogP contribution in [0.15, 0.2) is 12.1 Å². The van der Waals surface area contributed by atoms with E-state index in [2.05, 4.69) is 0 Å². The summed E-state index contributed by atoms with van der Waals surface area (Å²) in [6, 6.07) is 2.96. The van der Waals surface area contributed by atoms with E-state index in [1.807, 2.05) is 0 Å². The monoisotopic (exact) mass is 246 g/mol. The van der Waals surface area contributed by atoms with Crippen LogP contribution in [0.25, 0.3) is 0 Å². The molecule has 0 aliphatic rings. The number of methoxy groups -OCH3 is 2. The van der Waals surface area contributed by atoms with Crippen LogP contribution in [0.1, 0.15) is 11.7 Å². The van der Waals surface area contributed by atoms with Gasteiger partial charge in [0.1, 0.15) is 0 Å². The van der Waals surface area contributed by atoms with Crippen molar-refractivity contribution in [1.29, 1.82) is 0 Å². The molecule has 0 fully saturated rings. The Morgan fingerprint density at radius 2 is 2.00 bits per heavy atom. The Bertz CT molecular complexity index is 404. The van der Waals surface area contributed by atoms with Crippen molar-refractivity contribution in [3.05, 3.63) is 22.7 Å². The van der Waals surface area contributed by atoms with E-state index in [1.54, 1.807) is 0 Å². The van der Waals surface area contributed by atoms with Crippen molar-refractivity contribution < 1.29 is 24.5 Å². The Morgan fingerprint density at radius 3 is 2.44 bits per heavy atom. The lowest BCUT2D eigenvalue weighted by Crippen LogP contribution is -2.12. The fourth-order valence-electron chi connectivity index (χ4n) is 1.31. The van der Waals surface area contributed by atoms with Gasteiger partial charge in [-0.25, -0.2) is 4.79 Å². The van der Waals surface area contributed by atoms with Crippen molar-refractivity contribution in [2.45, 2.75) is 6.10 Å². The molecule has 0 saturated heterocycles. The summed E-state index contributed by atoms with van der Waals surface area (Å²) in [4.78, 5) is 10.7. The molecule has 88 valence electrons. The van der Waals surface area contributed by atoms with Gasteiger partial charge >= 0.3 is 5.97 Å². The molecule has 0 aliphatic heterocycles. The van der Waals surface area contributed by atoms with E-state index in [0.717, 1.165) is 0 Å². The third-order valence-electron chi connectivity index (χ3n) is 2.04. The Hall–Kier alpha value is -1.46. The number of rotatable bonds is 4. The molecule has 0 heterocycles. The van der Waals surface area contributed by atoms with E-state index in [9.17, 15) is 9.90 Å². The van der Waals surface area contributed by atoms with Crippen molar-refractivity contribution >= 4 is 17.6 Å². The molecule has 0 saturated carbocycles. The molecule has 1 aromatic carbocycles. The molecule has 16 heavy (non-hydrogen) atoms. The van der Waals surface area contributed by atoms with Crippen LogP contribution in [0, 0.1) is 0 Å². The Labute approximate surface area is 97.2 Å². The minimum absolute atomic E-state index is 0.0176. The summed E-state index contributed by atoms with van der Waals surface area (Å²) in [6.07, 6.45) is -1.75. The lowest BCUT2D eigenvalue weighted by atomic mass is 10.1. The van der Waals surface area contributed by atoms with E-state index >= 15 is 0 Å². The molecule has 0 aliphatic carbocycles. The van der Waals surface area contributed by atoms with Crippen molar-refractivity contribution in [1.82, 2.24) is 0 Å². The number of hydrogen-bond acceptors (Lipinski definition) is 4. The summed E-state index contributed by atoms with van der Waals surface area (Å²) in [5.74, 6) is -0.986. The van der Waals surface area contributed by atoms with Crippen LogP contribution >= 0.6 is 11.6 Å². The fraction of sp³-hybridized carbons (Fsp3) is 0.300. The normalized spacial score (nSPS) is 12.0. The van der Waals surface area contributed by atoms with Crippen LogP contribution in [0.4, 0.5) is 0 Å². The van der Waals surface area contributed by atoms with Crippen LogP contribution in [-0.4, -0.2) is 30.4 Å². The molecule has 1 atom stereocenters. The van der Waals surface area contributed by atoms with Gasteiger partial charge in [0.2, 0.25) is 0 Å². The Morgan fingerprint density at radius 1 is 1.38 bits per heavy atom. The lowest BCUT2D eigenvalue weighted by Gasteiger charge is -2.15. The number of ether oxygens (including phenoxy) is 2. The van der Waals surface area contributed by atoms with Gasteiger partial charge in [0.05, 0.1) is 24.8 Å². The highest BCUT2D eigenvalue weighted by Crippen LogP contribution is 2.39. The number of aliphatic carboxylic acids is 1. The second-order valence-corrected chi connectivity index (χ2v) is 3.34. The van der Waals surface area contributed by atoms with Gasteiger partial charge in [-0.15, -0.1) is 0 Å². The van der Waals surface area contributed by atoms with Crippen LogP contribution < -0.4 is 9.47 Å². The summed E-state index contributed by atoms with van der Waals surface area (Å²) in [6.45, 7) is 0. The SMILES string of the molecule is COc1ccc(Cl)c(C(O)C(=O)O)c1OC. The van der Waals surface area contributed by atoms with Crippen LogP contribution in [0.3, 0.4) is 0 Å². The zero-order valence-corrected chi connectivity index (χ0v) is 9.49. The summed E-state index contributed by atoms with van der Waals surface area (Å²) < 4.78 is 9.96. The summed E-state index contributed by atoms with van der Waals surface area (Å²) in [5, 5.41) is 18.3. The summed E-state index contributed by atoms with van der Waals surface area (Å²) in [5.41, 5.74) is -0.0176. The number of carbonyl (C=O) groups is 1. The molecule has 1 aromatic rings. The highest BCUT2D eigenvalue weighted by molar-refractivity contribution is 6.32. The van der Waals surface area contributed by atoms with Gasteiger partial charge in [0, 0.05) is 0 Å². The first kappa shape index (κ1) is 12.6. The van der Waals surface area contributed by atoms with Gasteiger partial charge < -0.3 is 19.7 Å². The molecule has 1 unspecified atom stereocenters. The Kier molecular flexibility index (Phi) is 3.98. The number of carboxylic acids is 1. The minimum Gasteiger partial charge on any atom is -0.493 e. The zero-order valence-electron chi connectivity index (χ0n) is 8.73. The first-order valence-electron chi connectivity index (χ1n) is 4.34. The maximum atomic E-state index is 10.7. The van der Waals surface area contributed by atoms with Crippen molar-refractivity contribution in [2.24, 2.45) is 0 Å². The molecule has 0 amide bonds. The van der Waals surface area contributed by atoms with Gasteiger partial charge in [-0.3, -0.25) is 0 Å². The van der Waals surface area contributed by atoms with E-state index in [0.29, 0.717) is 5.75 Å². The smallest absolute Gasteiger partial charge is 0.337 e. The third kappa shape index (κ3) is 2.20. The molecule has 2 N–H and O–H groups in total. The third-order valence-corrected chi connectivity index (χ3v) is 2.37. The Balaban J connectivity index is 3.39. The molecule has 0 spiro atoms. The molecular weight excluding hydrogens is 236 g/mol. The van der Waals surface area contributed by atoms with Crippen molar-refractivity contribution in [3.63, 3.8) is 0 Å².